The number of carbonyl (C=O) groups is 2. The first kappa shape index (κ1) is 44.8. The zero-order chi connectivity index (χ0) is 46.8. The summed E-state index contributed by atoms with van der Waals surface area (Å²) in [6.07, 6.45) is 13.1. The minimum atomic E-state index is -0.375. The minimum Gasteiger partial charge on any atom is -0.489 e. The van der Waals surface area contributed by atoms with Crippen molar-refractivity contribution in [2.75, 3.05) is 55.6 Å². The van der Waals surface area contributed by atoms with Gasteiger partial charge in [-0.3, -0.25) is 19.0 Å². The van der Waals surface area contributed by atoms with Gasteiger partial charge in [-0.25, -0.2) is 9.97 Å². The van der Waals surface area contributed by atoms with E-state index < -0.39 is 0 Å². The smallest absolute Gasteiger partial charge is 0.254 e. The molecule has 0 bridgehead atoms. The molecular weight excluding hydrogens is 864 g/mol. The third-order valence-corrected chi connectivity index (χ3v) is 15.7. The fourth-order valence-electron chi connectivity index (χ4n) is 12.0. The van der Waals surface area contributed by atoms with E-state index in [9.17, 15) is 14.9 Å². The number of ether oxygens (including phenoxy) is 1. The van der Waals surface area contributed by atoms with Crippen molar-refractivity contribution in [1.82, 2.24) is 44.6 Å². The molecule has 16 heteroatoms. The van der Waals surface area contributed by atoms with Crippen molar-refractivity contribution < 1.29 is 14.3 Å². The molecular formula is C51H61ClN12O3. The predicted octanol–water partition coefficient (Wildman–Crippen LogP) is 7.36. The van der Waals surface area contributed by atoms with E-state index in [0.29, 0.717) is 46.4 Å². The Kier molecular flexibility index (Phi) is 11.8. The van der Waals surface area contributed by atoms with Crippen LogP contribution >= 0.6 is 11.6 Å². The molecule has 3 fully saturated rings. The van der Waals surface area contributed by atoms with Crippen LogP contribution in [0.25, 0.3) is 11.1 Å². The van der Waals surface area contributed by atoms with Gasteiger partial charge in [0.15, 0.2) is 5.82 Å². The first-order chi connectivity index (χ1) is 32.2. The van der Waals surface area contributed by atoms with E-state index in [1.54, 1.807) is 37.5 Å². The summed E-state index contributed by atoms with van der Waals surface area (Å²) in [5.41, 5.74) is 7.41. The number of nitrogens with zero attached hydrogens (tertiary/aromatic N) is 11. The largest absolute Gasteiger partial charge is 0.489 e. The van der Waals surface area contributed by atoms with Crippen LogP contribution in [0.15, 0.2) is 61.2 Å². The van der Waals surface area contributed by atoms with Gasteiger partial charge in [0.1, 0.15) is 17.9 Å². The van der Waals surface area contributed by atoms with Crippen LogP contribution in [-0.4, -0.2) is 109 Å². The maximum Gasteiger partial charge on any atom is 0.254 e. The maximum absolute atomic E-state index is 13.5. The molecule has 0 atom stereocenters. The van der Waals surface area contributed by atoms with E-state index in [4.69, 9.17) is 21.4 Å². The van der Waals surface area contributed by atoms with Gasteiger partial charge in [0.2, 0.25) is 11.9 Å². The average molecular weight is 926 g/mol. The van der Waals surface area contributed by atoms with Crippen LogP contribution in [-0.2, 0) is 31.2 Å². The highest BCUT2D eigenvalue weighted by Crippen LogP contribution is 2.55. The highest BCUT2D eigenvalue weighted by Gasteiger charge is 2.64. The van der Waals surface area contributed by atoms with Gasteiger partial charge in [0, 0.05) is 130 Å². The molecule has 5 aliphatic rings. The number of amides is 2. The van der Waals surface area contributed by atoms with Crippen LogP contribution in [0.1, 0.15) is 99.1 Å². The number of rotatable bonds is 10. The van der Waals surface area contributed by atoms with Crippen molar-refractivity contribution in [1.29, 1.82) is 5.26 Å². The highest BCUT2D eigenvalue weighted by molar-refractivity contribution is 6.31. The number of benzene rings is 2. The van der Waals surface area contributed by atoms with Crippen LogP contribution in [0, 0.1) is 28.1 Å². The first-order valence-corrected chi connectivity index (χ1v) is 24.3. The highest BCUT2D eigenvalue weighted by atomic mass is 35.5. The predicted molar refractivity (Wildman–Crippen MR) is 257 cm³/mol. The number of nitrogens with one attached hydrogen (secondary N) is 1. The lowest BCUT2D eigenvalue weighted by atomic mass is 9.49. The van der Waals surface area contributed by atoms with E-state index in [0.717, 1.165) is 95.7 Å². The number of aromatic nitrogens is 6. The van der Waals surface area contributed by atoms with Crippen molar-refractivity contribution in [2.24, 2.45) is 23.8 Å². The fraction of sp³-hybridized carbons (Fsp3) is 0.510. The van der Waals surface area contributed by atoms with Crippen molar-refractivity contribution in [3.63, 3.8) is 0 Å². The number of hydrogen-bond acceptors (Lipinski definition) is 11. The average Bonchev–Trinajstić information content (AvgIpc) is 4.06. The number of fused-ring (bicyclic) bond motifs is 2. The Morgan fingerprint density at radius 1 is 0.910 bits per heavy atom. The summed E-state index contributed by atoms with van der Waals surface area (Å²) < 4.78 is 10.6. The van der Waals surface area contributed by atoms with Gasteiger partial charge in [-0.05, 0) is 73.4 Å². The molecule has 2 saturated heterocycles. The third kappa shape index (κ3) is 8.41. The van der Waals surface area contributed by atoms with E-state index in [1.165, 1.54) is 28.1 Å². The lowest BCUT2D eigenvalue weighted by molar-refractivity contribution is -0.164. The molecule has 0 radical (unpaired) electrons. The number of anilines is 3. The van der Waals surface area contributed by atoms with Crippen LogP contribution in [0.5, 0.6) is 5.75 Å². The molecule has 15 nitrogen and oxygen atoms in total. The van der Waals surface area contributed by atoms with Crippen LogP contribution in [0.3, 0.4) is 0 Å². The van der Waals surface area contributed by atoms with Crippen LogP contribution in [0.4, 0.5) is 17.5 Å². The molecule has 1 N–H and O–H groups in total. The van der Waals surface area contributed by atoms with Gasteiger partial charge in [0.05, 0.1) is 34.9 Å². The number of likely N-dealkylation sites (tertiary alicyclic amines) is 1. The third-order valence-electron chi connectivity index (χ3n) is 15.4. The summed E-state index contributed by atoms with van der Waals surface area (Å²) in [7, 11) is 1.95. The van der Waals surface area contributed by atoms with Crippen LogP contribution in [0.2, 0.25) is 5.02 Å². The Bertz CT molecular complexity index is 2710. The molecule has 350 valence electrons. The summed E-state index contributed by atoms with van der Waals surface area (Å²) in [5.74, 6) is 2.78. The molecule has 0 unspecified atom stereocenters. The zero-order valence-corrected chi connectivity index (χ0v) is 40.3. The minimum absolute atomic E-state index is 0.116. The zero-order valence-electron chi connectivity index (χ0n) is 39.5. The monoisotopic (exact) mass is 924 g/mol. The number of halogens is 1. The Morgan fingerprint density at radius 2 is 1.66 bits per heavy atom. The van der Waals surface area contributed by atoms with Crippen molar-refractivity contribution in [2.45, 2.75) is 97.9 Å². The Hall–Kier alpha value is -5.98. The van der Waals surface area contributed by atoms with E-state index in [2.05, 4.69) is 97.9 Å². The Balaban J connectivity index is 0.722. The SMILES string of the molecule is CC(=O)N1CCc2c(c(N3CCc4cc(-c5cnn(C)c5)ccc43)nn2C2CCN(CC3CCN(c4ncc(C(=O)NC5C(C)(C)C(Oc6ccc(C#N)c(Cl)c6)C5(C)C)cn4)CC3)CC2)C1. The summed E-state index contributed by atoms with van der Waals surface area (Å²) >= 11 is 6.28. The number of aryl methyl sites for hydroxylation is 1. The molecule has 67 heavy (non-hydrogen) atoms. The fourth-order valence-corrected chi connectivity index (χ4v) is 12.2. The summed E-state index contributed by atoms with van der Waals surface area (Å²) in [4.78, 5) is 44.7. The molecule has 4 aliphatic heterocycles. The van der Waals surface area contributed by atoms with E-state index in [-0.39, 0.29) is 34.8 Å². The van der Waals surface area contributed by atoms with Gasteiger partial charge in [-0.1, -0.05) is 45.4 Å². The summed E-state index contributed by atoms with van der Waals surface area (Å²) in [6, 6.07) is 14.1. The van der Waals surface area contributed by atoms with Gasteiger partial charge in [0.25, 0.3) is 5.91 Å². The van der Waals surface area contributed by atoms with Gasteiger partial charge in [-0.15, -0.1) is 0 Å². The lowest BCUT2D eigenvalue weighted by Crippen LogP contribution is -2.74. The number of hydrogen-bond donors (Lipinski definition) is 1. The standard InChI is InChI=1S/C51H61ClN12O3/c1-32(65)62-21-16-44-41(31-62)45(63-22-13-35-23-34(8-10-43(35)63)38-28-56-59(6)30-38)58-64(44)39-14-17-60(18-15-39)29-33-11-19-61(20-12-33)49-54-26-37(27-55-49)46(66)57-47-50(2,3)48(51(47,4)5)67-40-9-7-36(25-53)42(52)24-40/h7-10,23-24,26-28,30,33,39,47-48H,11-22,29,31H2,1-6H3,(H,57,66). The first-order valence-electron chi connectivity index (χ1n) is 23.9. The quantitative estimate of drug-likeness (QED) is 0.150. The van der Waals surface area contributed by atoms with Crippen molar-refractivity contribution in [3.8, 4) is 22.9 Å². The number of nitriles is 1. The van der Waals surface area contributed by atoms with Gasteiger partial charge < -0.3 is 29.7 Å². The molecule has 2 amide bonds. The second-order valence-electron chi connectivity index (χ2n) is 20.6. The van der Waals surface area contributed by atoms with Gasteiger partial charge >= 0.3 is 0 Å². The molecule has 3 aromatic heterocycles. The molecule has 2 aromatic carbocycles. The number of piperidine rings is 2. The van der Waals surface area contributed by atoms with Crippen molar-refractivity contribution >= 4 is 40.9 Å². The Morgan fingerprint density at radius 3 is 2.33 bits per heavy atom. The molecule has 7 heterocycles. The molecule has 10 rings (SSSR count). The topological polar surface area (TPSA) is 154 Å². The van der Waals surface area contributed by atoms with Gasteiger partial charge in [-0.2, -0.15) is 15.5 Å². The van der Waals surface area contributed by atoms with Crippen LogP contribution < -0.4 is 19.9 Å². The summed E-state index contributed by atoms with van der Waals surface area (Å²) in [6.45, 7) is 17.2. The molecule has 0 spiro atoms. The molecule has 5 aromatic rings. The Labute approximate surface area is 398 Å². The lowest BCUT2D eigenvalue weighted by Gasteiger charge is -2.63. The molecule has 1 aliphatic carbocycles. The van der Waals surface area contributed by atoms with Crippen molar-refractivity contribution in [3.05, 3.63) is 94.2 Å². The number of carbonyl (C=O) groups excluding carboxylic acids is 2. The molecule has 1 saturated carbocycles. The second-order valence-corrected chi connectivity index (χ2v) is 21.0. The summed E-state index contributed by atoms with van der Waals surface area (Å²) in [5, 5.41) is 22.7. The van der Waals surface area contributed by atoms with E-state index in [1.807, 2.05) is 22.8 Å². The second kappa shape index (κ2) is 17.6. The maximum atomic E-state index is 13.5. The van der Waals surface area contributed by atoms with E-state index >= 15 is 0 Å². The normalized spacial score (nSPS) is 21.6.